The van der Waals surface area contributed by atoms with Gasteiger partial charge in [-0.1, -0.05) is 192 Å². The summed E-state index contributed by atoms with van der Waals surface area (Å²) < 4.78 is 16.0. The van der Waals surface area contributed by atoms with E-state index in [1.165, 1.54) is 155 Å². The second-order valence-corrected chi connectivity index (χ2v) is 16.5. The molecule has 7 nitrogen and oxygen atoms in total. The monoisotopic (exact) mass is 771 g/mol. The van der Waals surface area contributed by atoms with Crippen LogP contribution in [0.4, 0.5) is 0 Å². The number of ether oxygens (including phenoxy) is 3. The zero-order valence-corrected chi connectivity index (χ0v) is 36.2. The molecule has 0 aromatic carbocycles. The predicted octanol–water partition coefficient (Wildman–Crippen LogP) is 12.9. The molecule has 2 rings (SSSR count). The molecule has 4 atom stereocenters. The number of fused-ring (bicyclic) bond motifs is 1. The van der Waals surface area contributed by atoms with Crippen LogP contribution in [0.5, 0.6) is 0 Å². The molecule has 55 heavy (non-hydrogen) atoms. The quantitative estimate of drug-likeness (QED) is 0.0211. The van der Waals surface area contributed by atoms with Gasteiger partial charge in [0.25, 0.3) is 0 Å². The molecule has 0 aromatic heterocycles. The number of Topliss-reactive ketones (excluding diaryl/α,β-unsaturated/α-hetero) is 1. The minimum absolute atomic E-state index is 0.0292. The van der Waals surface area contributed by atoms with Crippen molar-refractivity contribution in [1.82, 2.24) is 0 Å². The van der Waals surface area contributed by atoms with Gasteiger partial charge in [-0.05, 0) is 38.2 Å². The van der Waals surface area contributed by atoms with E-state index in [1.807, 2.05) is 6.08 Å². The van der Waals surface area contributed by atoms with Crippen LogP contribution in [0.15, 0.2) is 22.8 Å². The molecule has 7 heteroatoms. The summed E-state index contributed by atoms with van der Waals surface area (Å²) in [7, 11) is 2.67. The lowest BCUT2D eigenvalue weighted by molar-refractivity contribution is -0.154. The standard InChI is InChI=1S/C48H82O7/c1-6-9-11-13-15-17-19-21-23-25-27-29-31-33-35-38-37-40(46(50)55-8-3)43-42(41(38)47(51)53-4)39(44(45(43)49)48(52)54-5)36-34-32-30-28-26-24-22-20-18-16-14-12-10-7-2/h37,40-43H,6-36H2,1-5H3/t40-,41+,42-,43+/m0/s1. The number of hydrogen-bond donors (Lipinski definition) is 0. The minimum Gasteiger partial charge on any atom is -0.469 e. The smallest absolute Gasteiger partial charge is 0.341 e. The van der Waals surface area contributed by atoms with Crippen molar-refractivity contribution in [1.29, 1.82) is 0 Å². The number of rotatable bonds is 34. The van der Waals surface area contributed by atoms with E-state index < -0.39 is 47.4 Å². The van der Waals surface area contributed by atoms with Crippen molar-refractivity contribution in [3.63, 3.8) is 0 Å². The maximum absolute atomic E-state index is 14.1. The first kappa shape index (κ1) is 48.7. The lowest BCUT2D eigenvalue weighted by Crippen LogP contribution is -2.43. The normalized spacial score (nSPS) is 19.4. The SMILES string of the molecule is CCCCCCCCCCCCCCCCC1=C[C@H](C(=O)OCC)[C@H]2C(=O)C(C(=O)OC)=C(CCCCCCCCCCCCCCCC)[C@H]2[C@@H]1C(=O)OC. The predicted molar refractivity (Wildman–Crippen MR) is 225 cm³/mol. The second kappa shape index (κ2) is 30.7. The average Bonchev–Trinajstić information content (AvgIpc) is 3.48. The van der Waals surface area contributed by atoms with E-state index in [4.69, 9.17) is 14.2 Å². The van der Waals surface area contributed by atoms with Crippen LogP contribution < -0.4 is 0 Å². The summed E-state index contributed by atoms with van der Waals surface area (Å²) in [5, 5.41) is 0. The van der Waals surface area contributed by atoms with Gasteiger partial charge in [0.2, 0.25) is 0 Å². The van der Waals surface area contributed by atoms with Crippen molar-refractivity contribution < 1.29 is 33.4 Å². The molecule has 0 saturated carbocycles. The molecule has 0 aromatic rings. The molecule has 0 spiro atoms. The van der Waals surface area contributed by atoms with Crippen molar-refractivity contribution in [2.75, 3.05) is 20.8 Å². The lowest BCUT2D eigenvalue weighted by atomic mass is 9.65. The number of methoxy groups -OCH3 is 2. The van der Waals surface area contributed by atoms with Gasteiger partial charge < -0.3 is 14.2 Å². The number of allylic oxidation sites excluding steroid dienone is 1. The van der Waals surface area contributed by atoms with Crippen molar-refractivity contribution in [3.8, 4) is 0 Å². The highest BCUT2D eigenvalue weighted by Gasteiger charge is 2.57. The van der Waals surface area contributed by atoms with Crippen LogP contribution in [0.2, 0.25) is 0 Å². The molecular formula is C48H82O7. The summed E-state index contributed by atoms with van der Waals surface area (Å²) in [6.45, 7) is 6.47. The fourth-order valence-electron chi connectivity index (χ4n) is 9.11. The molecule has 2 aliphatic rings. The summed E-state index contributed by atoms with van der Waals surface area (Å²) in [6.07, 6.45) is 37.9. The summed E-state index contributed by atoms with van der Waals surface area (Å²) in [5.41, 5.74) is 1.53. The highest BCUT2D eigenvalue weighted by atomic mass is 16.5. The molecule has 0 saturated heterocycles. The van der Waals surface area contributed by atoms with Crippen LogP contribution >= 0.6 is 0 Å². The number of carbonyl (C=O) groups is 4. The van der Waals surface area contributed by atoms with Crippen molar-refractivity contribution in [2.45, 2.75) is 213 Å². The van der Waals surface area contributed by atoms with E-state index in [1.54, 1.807) is 6.92 Å². The van der Waals surface area contributed by atoms with Crippen LogP contribution in [0.3, 0.4) is 0 Å². The maximum atomic E-state index is 14.1. The molecule has 0 unspecified atom stereocenters. The average molecular weight is 771 g/mol. The summed E-state index contributed by atoms with van der Waals surface area (Å²) in [4.78, 5) is 54.5. The van der Waals surface area contributed by atoms with Crippen LogP contribution in [0.25, 0.3) is 0 Å². The van der Waals surface area contributed by atoms with E-state index in [2.05, 4.69) is 13.8 Å². The second-order valence-electron chi connectivity index (χ2n) is 16.5. The van der Waals surface area contributed by atoms with Gasteiger partial charge in [-0.25, -0.2) is 4.79 Å². The lowest BCUT2D eigenvalue weighted by Gasteiger charge is -2.37. The molecule has 0 bridgehead atoms. The molecule has 2 aliphatic carbocycles. The van der Waals surface area contributed by atoms with E-state index in [0.29, 0.717) is 18.4 Å². The first-order chi connectivity index (χ1) is 26.9. The van der Waals surface area contributed by atoms with Crippen LogP contribution in [0.1, 0.15) is 213 Å². The van der Waals surface area contributed by atoms with Gasteiger partial charge in [-0.15, -0.1) is 0 Å². The number of hydrogen-bond acceptors (Lipinski definition) is 7. The number of carbonyl (C=O) groups excluding carboxylic acids is 4. The molecular weight excluding hydrogens is 689 g/mol. The molecule has 0 heterocycles. The van der Waals surface area contributed by atoms with Gasteiger partial charge in [-0.3, -0.25) is 14.4 Å². The first-order valence-corrected chi connectivity index (χ1v) is 23.2. The van der Waals surface area contributed by atoms with E-state index in [0.717, 1.165) is 44.1 Å². The summed E-state index contributed by atoms with van der Waals surface area (Å²) in [6, 6.07) is 0. The zero-order valence-electron chi connectivity index (χ0n) is 36.2. The van der Waals surface area contributed by atoms with Crippen molar-refractivity contribution in [3.05, 3.63) is 22.8 Å². The number of ketones is 1. The Bertz CT molecular complexity index is 1150. The third-order valence-corrected chi connectivity index (χ3v) is 12.2. The topological polar surface area (TPSA) is 96.0 Å². The van der Waals surface area contributed by atoms with Gasteiger partial charge in [0.05, 0.1) is 32.7 Å². The fraction of sp³-hybridized carbons (Fsp3) is 0.833. The Hall–Kier alpha value is -2.44. The number of esters is 3. The highest BCUT2D eigenvalue weighted by molar-refractivity contribution is 6.22. The van der Waals surface area contributed by atoms with Gasteiger partial charge in [0, 0.05) is 11.8 Å². The highest BCUT2D eigenvalue weighted by Crippen LogP contribution is 2.52. The van der Waals surface area contributed by atoms with Gasteiger partial charge in [-0.2, -0.15) is 0 Å². The molecule has 0 aliphatic heterocycles. The van der Waals surface area contributed by atoms with Crippen LogP contribution in [-0.4, -0.2) is 44.5 Å². The zero-order chi connectivity index (χ0) is 40.1. The van der Waals surface area contributed by atoms with Crippen molar-refractivity contribution in [2.24, 2.45) is 23.7 Å². The van der Waals surface area contributed by atoms with Crippen LogP contribution in [0, 0.1) is 23.7 Å². The number of unbranched alkanes of at least 4 members (excludes halogenated alkanes) is 26. The Kier molecular flexibility index (Phi) is 27.2. The van der Waals surface area contributed by atoms with Gasteiger partial charge in [0.15, 0.2) is 5.78 Å². The van der Waals surface area contributed by atoms with Crippen LogP contribution in [-0.2, 0) is 33.4 Å². The Morgan fingerprint density at radius 1 is 0.509 bits per heavy atom. The summed E-state index contributed by atoms with van der Waals surface area (Å²) in [5.74, 6) is -5.03. The Morgan fingerprint density at radius 3 is 1.29 bits per heavy atom. The molecule has 0 radical (unpaired) electrons. The minimum atomic E-state index is -0.876. The van der Waals surface area contributed by atoms with Crippen molar-refractivity contribution >= 4 is 23.7 Å². The van der Waals surface area contributed by atoms with E-state index in [9.17, 15) is 19.2 Å². The Labute approximate surface area is 336 Å². The fourth-order valence-corrected chi connectivity index (χ4v) is 9.11. The Morgan fingerprint density at radius 2 is 0.909 bits per heavy atom. The molecule has 316 valence electrons. The Balaban J connectivity index is 2.01. The third kappa shape index (κ3) is 17.7. The molecule has 0 N–H and O–H groups in total. The van der Waals surface area contributed by atoms with E-state index >= 15 is 0 Å². The summed E-state index contributed by atoms with van der Waals surface area (Å²) >= 11 is 0. The molecule has 0 amide bonds. The third-order valence-electron chi connectivity index (χ3n) is 12.2. The molecule has 0 fully saturated rings. The largest absolute Gasteiger partial charge is 0.469 e. The van der Waals surface area contributed by atoms with Gasteiger partial charge in [0.1, 0.15) is 5.57 Å². The van der Waals surface area contributed by atoms with E-state index in [-0.39, 0.29) is 12.2 Å². The first-order valence-electron chi connectivity index (χ1n) is 23.2. The maximum Gasteiger partial charge on any atom is 0.341 e. The van der Waals surface area contributed by atoms with Gasteiger partial charge >= 0.3 is 17.9 Å².